The van der Waals surface area contributed by atoms with Crippen LogP contribution in [0.4, 0.5) is 4.39 Å². The third kappa shape index (κ3) is 6.87. The fraction of sp³-hybridized carbons (Fsp3) is 0.387. The number of carbonyl (C=O) groups is 3. The topological polar surface area (TPSA) is 124 Å². The summed E-state index contributed by atoms with van der Waals surface area (Å²) in [7, 11) is 0. The molecule has 3 N–H and O–H groups in total. The quantitative estimate of drug-likeness (QED) is 0.389. The number of nitrogens with one attached hydrogen (secondary N) is 3. The van der Waals surface area contributed by atoms with E-state index in [1.54, 1.807) is 55.1 Å². The van der Waals surface area contributed by atoms with Gasteiger partial charge >= 0.3 is 0 Å². The van der Waals surface area contributed by atoms with Crippen molar-refractivity contribution in [1.82, 2.24) is 25.7 Å². The van der Waals surface area contributed by atoms with Gasteiger partial charge in [-0.1, -0.05) is 18.2 Å². The molecule has 0 saturated carbocycles. The molecule has 2 aromatic carbocycles. The molecule has 4 atom stereocenters. The number of hydrogen-bond donors (Lipinski definition) is 3. The number of aryl methyl sites for hydroxylation is 2. The van der Waals surface area contributed by atoms with E-state index in [1.807, 2.05) is 13.8 Å². The molecule has 9 nitrogen and oxygen atoms in total. The number of amides is 3. The van der Waals surface area contributed by atoms with Crippen LogP contribution in [-0.4, -0.2) is 50.9 Å². The minimum absolute atomic E-state index is 0.206. The molecular weight excluding hydrogens is 525 g/mol. The lowest BCUT2D eigenvalue weighted by atomic mass is 9.98. The van der Waals surface area contributed by atoms with Gasteiger partial charge < -0.3 is 15.5 Å². The molecule has 1 aliphatic heterocycles. The van der Waals surface area contributed by atoms with Gasteiger partial charge in [-0.2, -0.15) is 5.10 Å². The summed E-state index contributed by atoms with van der Waals surface area (Å²) in [5.74, 6) is -1.32. The lowest BCUT2D eigenvalue weighted by molar-refractivity contribution is -0.137. The summed E-state index contributed by atoms with van der Waals surface area (Å²) in [5, 5.41) is 12.1. The molecule has 2 heterocycles. The summed E-state index contributed by atoms with van der Waals surface area (Å²) in [6, 6.07) is 11.2. The summed E-state index contributed by atoms with van der Waals surface area (Å²) >= 11 is 0. The highest BCUT2D eigenvalue weighted by Gasteiger charge is 2.42. The number of aromatic amines is 1. The van der Waals surface area contributed by atoms with E-state index >= 15 is 0 Å². The molecular formula is C31H36FN5O4. The minimum atomic E-state index is -0.873. The largest absolute Gasteiger partial charge is 0.352 e. The number of rotatable bonds is 8. The Bertz CT molecular complexity index is 1520. The first kappa shape index (κ1) is 29.6. The fourth-order valence-corrected chi connectivity index (χ4v) is 5.60. The second-order valence-corrected chi connectivity index (χ2v) is 10.8. The lowest BCUT2D eigenvalue weighted by Gasteiger charge is -2.36. The van der Waals surface area contributed by atoms with Gasteiger partial charge in [0.05, 0.1) is 17.8 Å². The maximum Gasteiger partial charge on any atom is 0.267 e. The highest BCUT2D eigenvalue weighted by molar-refractivity contribution is 5.97. The van der Waals surface area contributed by atoms with Crippen LogP contribution < -0.4 is 16.2 Å². The minimum Gasteiger partial charge on any atom is -0.352 e. The van der Waals surface area contributed by atoms with Gasteiger partial charge in [0.2, 0.25) is 11.8 Å². The van der Waals surface area contributed by atoms with Gasteiger partial charge in [-0.3, -0.25) is 19.2 Å². The van der Waals surface area contributed by atoms with Gasteiger partial charge in [-0.25, -0.2) is 9.49 Å². The number of likely N-dealkylation sites (tertiary alicyclic amines) is 1. The van der Waals surface area contributed by atoms with E-state index < -0.39 is 17.8 Å². The van der Waals surface area contributed by atoms with Crippen molar-refractivity contribution in [3.8, 4) is 0 Å². The monoisotopic (exact) mass is 561 g/mol. The van der Waals surface area contributed by atoms with E-state index in [4.69, 9.17) is 0 Å². The molecule has 10 heteroatoms. The molecule has 1 aromatic heterocycles. The molecule has 0 radical (unpaired) electrons. The smallest absolute Gasteiger partial charge is 0.267 e. The van der Waals surface area contributed by atoms with Crippen molar-refractivity contribution in [2.24, 2.45) is 0 Å². The number of aromatic nitrogens is 2. The molecule has 41 heavy (non-hydrogen) atoms. The van der Waals surface area contributed by atoms with Gasteiger partial charge in [-0.05, 0) is 87.6 Å². The van der Waals surface area contributed by atoms with Crippen LogP contribution >= 0.6 is 0 Å². The van der Waals surface area contributed by atoms with Crippen LogP contribution in [-0.2, 0) is 16.0 Å². The zero-order valence-electron chi connectivity index (χ0n) is 24.0. The Morgan fingerprint density at radius 1 is 1.05 bits per heavy atom. The molecule has 0 bridgehead atoms. The number of benzene rings is 2. The number of hydrogen-bond acceptors (Lipinski definition) is 5. The van der Waals surface area contributed by atoms with Gasteiger partial charge in [0.1, 0.15) is 11.9 Å². The normalized spacial score (nSPS) is 18.0. The molecule has 0 spiro atoms. The molecule has 1 fully saturated rings. The predicted molar refractivity (Wildman–Crippen MR) is 153 cm³/mol. The standard InChI is InChI=1S/C31H36FN5O4/c1-17-13-24(10-9-22(17)15-25-14-18(2)35-36-30(25)40)29(39)34-20(4)31(41)37-27(19(3)33-21(5)38)11-12-28(37)23-7-6-8-26(32)16-23/h6-10,13-14,16,19-20,27-28H,11-12,15H2,1-5H3,(H,33,38)(H,34,39)(H,36,40)/t19?,20?,27-,28+/m1/s1. The first-order valence-electron chi connectivity index (χ1n) is 13.7. The van der Waals surface area contributed by atoms with E-state index in [2.05, 4.69) is 20.8 Å². The van der Waals surface area contributed by atoms with Crippen molar-refractivity contribution >= 4 is 17.7 Å². The summed E-state index contributed by atoms with van der Waals surface area (Å²) in [4.78, 5) is 52.6. The Labute approximate surface area is 238 Å². The summed E-state index contributed by atoms with van der Waals surface area (Å²) in [5.41, 5.74) is 3.82. The van der Waals surface area contributed by atoms with Crippen LogP contribution in [0.2, 0.25) is 0 Å². The number of halogens is 1. The first-order valence-corrected chi connectivity index (χ1v) is 13.7. The number of nitrogens with zero attached hydrogens (tertiary/aromatic N) is 2. The third-order valence-electron chi connectivity index (χ3n) is 7.64. The fourth-order valence-electron chi connectivity index (χ4n) is 5.60. The van der Waals surface area contributed by atoms with Gasteiger partial charge in [0.25, 0.3) is 11.5 Å². The van der Waals surface area contributed by atoms with Crippen molar-refractivity contribution in [2.75, 3.05) is 0 Å². The maximum absolute atomic E-state index is 14.1. The second kappa shape index (κ2) is 12.4. The van der Waals surface area contributed by atoms with Gasteiger partial charge in [0, 0.05) is 30.5 Å². The highest BCUT2D eigenvalue weighted by Crippen LogP contribution is 2.38. The van der Waals surface area contributed by atoms with Crippen LogP contribution in [0.25, 0.3) is 0 Å². The lowest BCUT2D eigenvalue weighted by Crippen LogP contribution is -2.54. The van der Waals surface area contributed by atoms with E-state index in [1.165, 1.54) is 19.1 Å². The molecule has 1 saturated heterocycles. The van der Waals surface area contributed by atoms with Crippen LogP contribution in [0.1, 0.15) is 78.0 Å². The van der Waals surface area contributed by atoms with E-state index in [-0.39, 0.29) is 35.5 Å². The predicted octanol–water partition coefficient (Wildman–Crippen LogP) is 3.49. The maximum atomic E-state index is 14.1. The molecule has 2 unspecified atom stereocenters. The van der Waals surface area contributed by atoms with Crippen molar-refractivity contribution in [2.45, 2.75) is 78.0 Å². The second-order valence-electron chi connectivity index (χ2n) is 10.8. The zero-order chi connectivity index (χ0) is 29.8. The van der Waals surface area contributed by atoms with E-state index in [0.29, 0.717) is 41.6 Å². The number of carbonyl (C=O) groups excluding carboxylic acids is 3. The summed E-state index contributed by atoms with van der Waals surface area (Å²) in [6.07, 6.45) is 1.62. The third-order valence-corrected chi connectivity index (χ3v) is 7.64. The Morgan fingerprint density at radius 3 is 2.49 bits per heavy atom. The average Bonchev–Trinajstić information content (AvgIpc) is 3.36. The van der Waals surface area contributed by atoms with Gasteiger partial charge in [0.15, 0.2) is 0 Å². The molecule has 0 aliphatic carbocycles. The Morgan fingerprint density at radius 2 is 1.80 bits per heavy atom. The molecule has 1 aliphatic rings. The Balaban J connectivity index is 1.52. The number of H-pyrrole nitrogens is 1. The Kier molecular flexibility index (Phi) is 9.00. The van der Waals surface area contributed by atoms with E-state index in [0.717, 1.165) is 11.1 Å². The van der Waals surface area contributed by atoms with Crippen LogP contribution in [0.15, 0.2) is 53.3 Å². The van der Waals surface area contributed by atoms with Gasteiger partial charge in [-0.15, -0.1) is 0 Å². The zero-order valence-corrected chi connectivity index (χ0v) is 24.0. The molecule has 3 aromatic rings. The summed E-state index contributed by atoms with van der Waals surface area (Å²) < 4.78 is 14.1. The Hall–Kier alpha value is -4.34. The van der Waals surface area contributed by atoms with Crippen LogP contribution in [0.3, 0.4) is 0 Å². The SMILES string of the molecule is CC(=O)NC(C)[C@H]1CC[C@@H](c2cccc(F)c2)N1C(=O)C(C)NC(=O)c1ccc(Cc2cc(C)n[nH]c2=O)c(C)c1. The first-order chi connectivity index (χ1) is 19.4. The van der Waals surface area contributed by atoms with Crippen molar-refractivity contribution in [3.63, 3.8) is 0 Å². The van der Waals surface area contributed by atoms with Crippen molar-refractivity contribution < 1.29 is 18.8 Å². The molecule has 216 valence electrons. The van der Waals surface area contributed by atoms with Crippen LogP contribution in [0, 0.1) is 19.7 Å². The van der Waals surface area contributed by atoms with Crippen molar-refractivity contribution in [3.05, 3.63) is 98.2 Å². The highest BCUT2D eigenvalue weighted by atomic mass is 19.1. The average molecular weight is 562 g/mol. The summed E-state index contributed by atoms with van der Waals surface area (Å²) in [6.45, 7) is 8.56. The van der Waals surface area contributed by atoms with Crippen LogP contribution in [0.5, 0.6) is 0 Å². The molecule has 4 rings (SSSR count). The van der Waals surface area contributed by atoms with E-state index in [9.17, 15) is 23.6 Å². The molecule has 3 amide bonds. The van der Waals surface area contributed by atoms with Crippen molar-refractivity contribution in [1.29, 1.82) is 0 Å².